The predicted molar refractivity (Wildman–Crippen MR) is 286 cm³/mol. The molecule has 2 aromatic carbocycles. The largest absolute Gasteiger partial charge is 0.508 e. The second kappa shape index (κ2) is 32.4. The fourth-order valence-corrected chi connectivity index (χ4v) is 8.31. The molecule has 82 heavy (non-hydrogen) atoms. The number of alkyl halides is 3. The number of nitrogens with one attached hydrogen (secondary N) is 7. The van der Waals surface area contributed by atoms with Crippen LogP contribution in [0.15, 0.2) is 72.1 Å². The van der Waals surface area contributed by atoms with Gasteiger partial charge in [-0.2, -0.15) is 13.2 Å². The summed E-state index contributed by atoms with van der Waals surface area (Å²) in [5, 5.41) is 52.2. The van der Waals surface area contributed by atoms with Crippen molar-refractivity contribution in [2.75, 3.05) is 13.1 Å². The Labute approximate surface area is 469 Å². The molecule has 3 aromatic rings. The van der Waals surface area contributed by atoms with Crippen molar-refractivity contribution in [2.45, 2.75) is 140 Å². The molecular formula is C52H72F3N13O14. The van der Waals surface area contributed by atoms with Crippen molar-refractivity contribution in [1.82, 2.24) is 46.8 Å². The van der Waals surface area contributed by atoms with Gasteiger partial charge in [-0.1, -0.05) is 76.6 Å². The number of carbonyl (C=O) groups is 10. The quantitative estimate of drug-likeness (QED) is 0.0135. The molecule has 7 amide bonds. The average molecular weight is 1170 g/mol. The van der Waals surface area contributed by atoms with Gasteiger partial charge in [0.05, 0.1) is 18.8 Å². The minimum Gasteiger partial charge on any atom is -0.508 e. The molecule has 1 aliphatic heterocycles. The molecule has 0 bridgehead atoms. The van der Waals surface area contributed by atoms with E-state index in [1.165, 1.54) is 41.7 Å². The predicted octanol–water partition coefficient (Wildman–Crippen LogP) is -0.681. The first-order chi connectivity index (χ1) is 38.5. The van der Waals surface area contributed by atoms with E-state index < -0.39 is 132 Å². The number of halogens is 3. The maximum Gasteiger partial charge on any atom is 0.490 e. The van der Waals surface area contributed by atoms with E-state index in [-0.39, 0.29) is 63.3 Å². The summed E-state index contributed by atoms with van der Waals surface area (Å²) in [7, 11) is 0. The second-order valence-corrected chi connectivity index (χ2v) is 19.7. The van der Waals surface area contributed by atoms with Crippen LogP contribution in [0, 0.1) is 11.8 Å². The first-order valence-electron chi connectivity index (χ1n) is 26.0. The van der Waals surface area contributed by atoms with E-state index in [1.54, 1.807) is 58.0 Å². The number of hydrogen-bond acceptors (Lipinski definition) is 14. The number of aliphatic imine (C=N–C) groups is 1. The number of guanidine groups is 1. The molecular weight excluding hydrogens is 1090 g/mol. The number of imidazole rings is 1. The highest BCUT2D eigenvalue weighted by molar-refractivity contribution is 5.98. The molecule has 17 N–H and O–H groups in total. The molecule has 1 saturated heterocycles. The molecule has 2 heterocycles. The highest BCUT2D eigenvalue weighted by Gasteiger charge is 2.41. The lowest BCUT2D eigenvalue weighted by atomic mass is 10.00. The highest BCUT2D eigenvalue weighted by atomic mass is 19.4. The second-order valence-electron chi connectivity index (χ2n) is 19.7. The first kappa shape index (κ1) is 67.4. The number of nitrogens with zero attached hydrogens (tertiary/aromatic N) is 3. The van der Waals surface area contributed by atoms with Crippen molar-refractivity contribution in [3.8, 4) is 5.75 Å². The number of carboxylic acid groups (broad SMARTS) is 3. The minimum absolute atomic E-state index is 0.00211. The molecule has 0 saturated carbocycles. The Balaban J connectivity index is 0.00000236. The summed E-state index contributed by atoms with van der Waals surface area (Å²) in [4.78, 5) is 143. The summed E-state index contributed by atoms with van der Waals surface area (Å²) in [6.07, 6.45) is -2.16. The number of nitrogens with two attached hydrogens (primary N) is 3. The number of aromatic amines is 1. The Bertz CT molecular complexity index is 2680. The van der Waals surface area contributed by atoms with Crippen molar-refractivity contribution >= 4 is 65.2 Å². The van der Waals surface area contributed by atoms with Crippen LogP contribution in [0.4, 0.5) is 13.2 Å². The van der Waals surface area contributed by atoms with Gasteiger partial charge in [-0.05, 0) is 60.8 Å². The number of carboxylic acids is 3. The van der Waals surface area contributed by atoms with Gasteiger partial charge in [0.2, 0.25) is 41.4 Å². The number of carbonyl (C=O) groups excluding carboxylic acids is 7. The topological polar surface area (TPSA) is 446 Å². The summed E-state index contributed by atoms with van der Waals surface area (Å²) in [5.41, 5.74) is 18.2. The number of hydrogen-bond donors (Lipinski definition) is 14. The number of H-pyrrole nitrogens is 1. The summed E-state index contributed by atoms with van der Waals surface area (Å²) < 4.78 is 31.7. The number of aromatic nitrogens is 2. The Hall–Kier alpha value is -8.83. The molecule has 0 unspecified atom stereocenters. The monoisotopic (exact) mass is 1170 g/mol. The van der Waals surface area contributed by atoms with Crippen LogP contribution in [0.2, 0.25) is 0 Å². The number of amides is 7. The summed E-state index contributed by atoms with van der Waals surface area (Å²) >= 11 is 0. The Kier molecular flexibility index (Phi) is 26.7. The van der Waals surface area contributed by atoms with Crippen LogP contribution in [0.5, 0.6) is 5.75 Å². The van der Waals surface area contributed by atoms with Crippen molar-refractivity contribution in [3.63, 3.8) is 0 Å². The molecule has 4 rings (SSSR count). The van der Waals surface area contributed by atoms with Crippen LogP contribution in [0.3, 0.4) is 0 Å². The smallest absolute Gasteiger partial charge is 0.490 e. The van der Waals surface area contributed by atoms with Crippen LogP contribution in [0.1, 0.15) is 83.0 Å². The Morgan fingerprint density at radius 1 is 0.744 bits per heavy atom. The third-order valence-electron chi connectivity index (χ3n) is 12.9. The normalized spacial score (nSPS) is 15.9. The van der Waals surface area contributed by atoms with Gasteiger partial charge in [-0.3, -0.25) is 43.3 Å². The van der Waals surface area contributed by atoms with E-state index in [2.05, 4.69) is 46.9 Å². The zero-order chi connectivity index (χ0) is 61.4. The van der Waals surface area contributed by atoms with E-state index in [9.17, 15) is 71.6 Å². The van der Waals surface area contributed by atoms with Gasteiger partial charge in [0.25, 0.3) is 0 Å². The molecule has 450 valence electrons. The summed E-state index contributed by atoms with van der Waals surface area (Å²) in [6, 6.07) is 3.95. The lowest BCUT2D eigenvalue weighted by Gasteiger charge is -2.32. The first-order valence-corrected chi connectivity index (χ1v) is 26.0. The number of rotatable bonds is 29. The molecule has 30 heteroatoms. The number of aliphatic carboxylic acids is 3. The van der Waals surface area contributed by atoms with Gasteiger partial charge < -0.3 is 79.4 Å². The molecule has 1 fully saturated rings. The molecule has 0 radical (unpaired) electrons. The van der Waals surface area contributed by atoms with Gasteiger partial charge in [-0.25, -0.2) is 14.6 Å². The van der Waals surface area contributed by atoms with Crippen LogP contribution in [-0.4, -0.2) is 168 Å². The van der Waals surface area contributed by atoms with E-state index in [0.717, 1.165) is 0 Å². The van der Waals surface area contributed by atoms with Gasteiger partial charge in [-0.15, -0.1) is 0 Å². The van der Waals surface area contributed by atoms with Crippen LogP contribution in [-0.2, 0) is 67.2 Å². The number of phenolic OH excluding ortho intramolecular Hbond substituents is 1. The van der Waals surface area contributed by atoms with Gasteiger partial charge in [0.1, 0.15) is 48.0 Å². The summed E-state index contributed by atoms with van der Waals surface area (Å²) in [5.74, 6) is -12.4. The summed E-state index contributed by atoms with van der Waals surface area (Å²) in [6.45, 7) is 6.90. The lowest BCUT2D eigenvalue weighted by molar-refractivity contribution is -0.192. The standard InChI is InChI=1S/C50H71N13O12.C2HF3O2/c1-5-28(4)41(47(72)59-36(23-31-25-54-26-56-31)48(73)63-20-10-14-38(63)45(70)60-37(49(74)75)22-29-11-7-6-8-12-29)62-44(69)35(21-30-15-17-32(64)18-16-30)58-46(71)40(27(2)3)61-43(68)34(13-9-19-55-50(52)53)57-42(67)33(51)24-39(65)66;3-2(4,5)1(6)7/h6-8,11-12,15-18,25-28,33-38,40-41,64H,5,9-10,13-14,19-24,51H2,1-4H3,(H,54,56)(H,57,67)(H,58,71)(H,59,72)(H,60,70)(H,61,68)(H,62,69)(H,65,66)(H,74,75)(H4,52,53,55);(H,6,7)/t28-,33-,34-,35-,36-,37-,38-,40-,41-;/m0./s1/i1+1,4+1,5+1,28+1,41+1,47+1,59+1;. The average Bonchev–Trinajstić information content (AvgIpc) is 4.27. The fraction of sp³-hybridized carbons (Fsp3) is 0.500. The molecule has 0 aliphatic carbocycles. The fourth-order valence-electron chi connectivity index (χ4n) is 8.31. The van der Waals surface area contributed by atoms with E-state index in [0.29, 0.717) is 29.7 Å². The number of benzene rings is 2. The zero-order valence-corrected chi connectivity index (χ0v) is 45.5. The SMILES string of the molecule is CC(C)[C@H](NC(=O)[C@H](CCCN=C(N)N)NC(=O)[C@@H](N)CC(=O)O)C(=O)N[C@@H](Cc1ccc(O)cc1)C(=O)N[13C@H]([13C](=O)[15NH][C@@H](Cc1cnc[nH]1)C(=O)N1CCC[C@H]1C(=O)N[C@@H](Cc1ccccc1)C(=O)O)[13C@@H]([13CH3])[13CH2][13CH3].O=C(O)C(F)(F)F. The van der Waals surface area contributed by atoms with Crippen LogP contribution < -0.4 is 49.1 Å². The maximum atomic E-state index is 14.6. The van der Waals surface area contributed by atoms with E-state index >= 15 is 0 Å². The van der Waals surface area contributed by atoms with E-state index in [4.69, 9.17) is 27.1 Å². The molecule has 27 nitrogen and oxygen atoms in total. The molecule has 9 atom stereocenters. The minimum atomic E-state index is -5.08. The lowest BCUT2D eigenvalue weighted by Crippen LogP contribution is -2.62. The maximum absolute atomic E-state index is 14.6. The van der Waals surface area contributed by atoms with Crippen LogP contribution in [0.25, 0.3) is 0 Å². The van der Waals surface area contributed by atoms with Crippen LogP contribution >= 0.6 is 0 Å². The Morgan fingerprint density at radius 2 is 1.30 bits per heavy atom. The van der Waals surface area contributed by atoms with Crippen molar-refractivity contribution in [1.29, 1.82) is 0 Å². The molecule has 1 aromatic heterocycles. The van der Waals surface area contributed by atoms with Gasteiger partial charge >= 0.3 is 24.1 Å². The van der Waals surface area contributed by atoms with E-state index in [1.807, 2.05) is 0 Å². The third kappa shape index (κ3) is 22.4. The van der Waals surface area contributed by atoms with Crippen molar-refractivity contribution in [2.24, 2.45) is 34.0 Å². The van der Waals surface area contributed by atoms with Crippen molar-refractivity contribution < 1.29 is 81.5 Å². The Morgan fingerprint density at radius 3 is 1.85 bits per heavy atom. The van der Waals surface area contributed by atoms with Gasteiger partial charge in [0.15, 0.2) is 5.96 Å². The third-order valence-corrected chi connectivity index (χ3v) is 12.9. The number of aromatic hydroxyl groups is 1. The highest BCUT2D eigenvalue weighted by Crippen LogP contribution is 2.22. The number of likely N-dealkylation sites (tertiary alicyclic amines) is 1. The molecule has 0 spiro atoms. The van der Waals surface area contributed by atoms with Crippen molar-refractivity contribution in [3.05, 3.63) is 83.9 Å². The number of phenols is 1. The molecule has 1 aliphatic rings. The van der Waals surface area contributed by atoms with Gasteiger partial charge in [0, 0.05) is 44.2 Å². The zero-order valence-electron chi connectivity index (χ0n) is 45.5.